The van der Waals surface area contributed by atoms with E-state index in [0.29, 0.717) is 6.04 Å². The van der Waals surface area contributed by atoms with Crippen LogP contribution in [0.25, 0.3) is 0 Å². The first kappa shape index (κ1) is 14.3. The van der Waals surface area contributed by atoms with Gasteiger partial charge in [-0.15, -0.1) is 0 Å². The average Bonchev–Trinajstić information content (AvgIpc) is 2.47. The van der Waals surface area contributed by atoms with Crippen LogP contribution in [0.5, 0.6) is 0 Å². The third kappa shape index (κ3) is 2.89. The smallest absolute Gasteiger partial charge is 0.0480 e. The summed E-state index contributed by atoms with van der Waals surface area (Å²) in [5.41, 5.74) is 6.45. The summed E-state index contributed by atoms with van der Waals surface area (Å²) < 4.78 is 5.49. The number of hydrogen-bond donors (Lipinski definition) is 1. The van der Waals surface area contributed by atoms with E-state index in [4.69, 9.17) is 10.5 Å². The van der Waals surface area contributed by atoms with E-state index < -0.39 is 0 Å². The van der Waals surface area contributed by atoms with Crippen molar-refractivity contribution in [2.75, 3.05) is 26.8 Å². The van der Waals surface area contributed by atoms with Gasteiger partial charge in [0, 0.05) is 31.3 Å². The van der Waals surface area contributed by atoms with Gasteiger partial charge in [-0.05, 0) is 38.6 Å². The number of nitrogens with zero attached hydrogens (tertiary/aromatic N) is 1. The van der Waals surface area contributed by atoms with Crippen molar-refractivity contribution >= 4 is 0 Å². The van der Waals surface area contributed by atoms with Crippen molar-refractivity contribution in [3.8, 4) is 0 Å². The van der Waals surface area contributed by atoms with Crippen LogP contribution in [0.3, 0.4) is 0 Å². The molecule has 0 aromatic carbocycles. The highest BCUT2D eigenvalue weighted by Crippen LogP contribution is 2.39. The molecule has 0 amide bonds. The summed E-state index contributed by atoms with van der Waals surface area (Å²) in [5.74, 6) is 0.879. The van der Waals surface area contributed by atoms with Crippen LogP contribution < -0.4 is 5.73 Å². The molecule has 3 heteroatoms. The van der Waals surface area contributed by atoms with E-state index in [1.165, 1.54) is 44.9 Å². The Kier molecular flexibility index (Phi) is 5.05. The minimum absolute atomic E-state index is 0.265. The highest BCUT2D eigenvalue weighted by molar-refractivity contribution is 4.97. The largest absolute Gasteiger partial charge is 0.381 e. The van der Waals surface area contributed by atoms with Crippen LogP contribution in [-0.4, -0.2) is 43.3 Å². The molecule has 0 spiro atoms. The first-order valence-electron chi connectivity index (χ1n) is 7.72. The maximum absolute atomic E-state index is 6.19. The molecular formula is C15H30N2O. The van der Waals surface area contributed by atoms with Crippen LogP contribution in [0, 0.1) is 5.92 Å². The standard InChI is InChI=1S/C15H30N2O/c1-3-13-5-4-8-15(11-13,12-16)17(2)14-6-9-18-10-7-14/h13-14H,3-12,16H2,1-2H3. The van der Waals surface area contributed by atoms with E-state index in [1.807, 2.05) is 0 Å². The molecule has 2 rings (SSSR count). The molecule has 3 nitrogen and oxygen atoms in total. The van der Waals surface area contributed by atoms with Crippen molar-refractivity contribution in [2.45, 2.75) is 63.5 Å². The maximum atomic E-state index is 6.19. The number of nitrogens with two attached hydrogens (primary N) is 1. The van der Waals surface area contributed by atoms with Gasteiger partial charge in [0.2, 0.25) is 0 Å². The van der Waals surface area contributed by atoms with Crippen LogP contribution in [-0.2, 0) is 4.74 Å². The molecule has 0 bridgehead atoms. The lowest BCUT2D eigenvalue weighted by molar-refractivity contribution is -0.0252. The van der Waals surface area contributed by atoms with Crippen LogP contribution in [0.4, 0.5) is 0 Å². The second-order valence-corrected chi connectivity index (χ2v) is 6.25. The zero-order valence-electron chi connectivity index (χ0n) is 12.2. The van der Waals surface area contributed by atoms with Gasteiger partial charge < -0.3 is 10.5 Å². The molecule has 1 saturated heterocycles. The molecule has 0 aromatic heterocycles. The number of rotatable bonds is 4. The number of ether oxygens (including phenoxy) is 1. The van der Waals surface area contributed by atoms with Crippen molar-refractivity contribution in [2.24, 2.45) is 11.7 Å². The summed E-state index contributed by atoms with van der Waals surface area (Å²) >= 11 is 0. The monoisotopic (exact) mass is 254 g/mol. The third-order valence-electron chi connectivity index (χ3n) is 5.37. The summed E-state index contributed by atoms with van der Waals surface area (Å²) in [6.07, 6.45) is 9.00. The van der Waals surface area contributed by atoms with Gasteiger partial charge >= 0.3 is 0 Å². The van der Waals surface area contributed by atoms with Gasteiger partial charge in [0.05, 0.1) is 0 Å². The third-order valence-corrected chi connectivity index (χ3v) is 5.37. The molecule has 2 aliphatic rings. The molecule has 2 fully saturated rings. The molecule has 0 radical (unpaired) electrons. The minimum atomic E-state index is 0.265. The summed E-state index contributed by atoms with van der Waals surface area (Å²) in [4.78, 5) is 2.62. The zero-order chi connectivity index (χ0) is 13.0. The fourth-order valence-corrected chi connectivity index (χ4v) is 3.92. The second-order valence-electron chi connectivity index (χ2n) is 6.25. The van der Waals surface area contributed by atoms with Crippen LogP contribution in [0.2, 0.25) is 0 Å². The van der Waals surface area contributed by atoms with Gasteiger partial charge in [-0.2, -0.15) is 0 Å². The first-order chi connectivity index (χ1) is 8.72. The lowest BCUT2D eigenvalue weighted by Crippen LogP contribution is -2.58. The SMILES string of the molecule is CCC1CCCC(CN)(N(C)C2CCOCC2)C1. The number of hydrogen-bond acceptors (Lipinski definition) is 3. The molecule has 1 heterocycles. The molecule has 18 heavy (non-hydrogen) atoms. The quantitative estimate of drug-likeness (QED) is 0.837. The predicted molar refractivity (Wildman–Crippen MR) is 75.6 cm³/mol. The maximum Gasteiger partial charge on any atom is 0.0480 e. The lowest BCUT2D eigenvalue weighted by atomic mass is 9.73. The van der Waals surface area contributed by atoms with E-state index >= 15 is 0 Å². The van der Waals surface area contributed by atoms with Crippen molar-refractivity contribution in [3.05, 3.63) is 0 Å². The molecule has 2 unspecified atom stereocenters. The van der Waals surface area contributed by atoms with Crippen molar-refractivity contribution in [1.82, 2.24) is 4.90 Å². The summed E-state index contributed by atoms with van der Waals surface area (Å²) in [6, 6.07) is 0.679. The minimum Gasteiger partial charge on any atom is -0.381 e. The fraction of sp³-hybridized carbons (Fsp3) is 1.00. The van der Waals surface area contributed by atoms with Crippen LogP contribution >= 0.6 is 0 Å². The highest BCUT2D eigenvalue weighted by atomic mass is 16.5. The molecule has 2 atom stereocenters. The van der Waals surface area contributed by atoms with Gasteiger partial charge in [0.15, 0.2) is 0 Å². The Labute approximate surface area is 112 Å². The average molecular weight is 254 g/mol. The zero-order valence-corrected chi connectivity index (χ0v) is 12.2. The normalized spacial score (nSPS) is 35.0. The van der Waals surface area contributed by atoms with Gasteiger partial charge in [-0.1, -0.05) is 26.2 Å². The van der Waals surface area contributed by atoms with Crippen molar-refractivity contribution in [3.63, 3.8) is 0 Å². The number of likely N-dealkylation sites (N-methyl/N-ethyl adjacent to an activating group) is 1. The molecule has 1 aliphatic heterocycles. The highest BCUT2D eigenvalue weighted by Gasteiger charge is 2.40. The van der Waals surface area contributed by atoms with E-state index in [-0.39, 0.29) is 5.54 Å². The first-order valence-corrected chi connectivity index (χ1v) is 7.72. The van der Waals surface area contributed by atoms with Gasteiger partial charge in [0.1, 0.15) is 0 Å². The van der Waals surface area contributed by atoms with E-state index in [9.17, 15) is 0 Å². The summed E-state index contributed by atoms with van der Waals surface area (Å²) in [7, 11) is 2.31. The topological polar surface area (TPSA) is 38.5 Å². The summed E-state index contributed by atoms with van der Waals surface area (Å²) in [5, 5.41) is 0. The van der Waals surface area contributed by atoms with Crippen molar-refractivity contribution in [1.29, 1.82) is 0 Å². The van der Waals surface area contributed by atoms with E-state index in [2.05, 4.69) is 18.9 Å². The Morgan fingerprint density at radius 3 is 2.61 bits per heavy atom. The van der Waals surface area contributed by atoms with E-state index in [0.717, 1.165) is 25.7 Å². The molecule has 1 saturated carbocycles. The Balaban J connectivity index is 2.04. The second kappa shape index (κ2) is 6.36. The predicted octanol–water partition coefficient (Wildman–Crippen LogP) is 2.39. The Hall–Kier alpha value is -0.120. The molecule has 1 aliphatic carbocycles. The molecule has 106 valence electrons. The molecular weight excluding hydrogens is 224 g/mol. The van der Waals surface area contributed by atoms with Gasteiger partial charge in [-0.3, -0.25) is 4.90 Å². The fourth-order valence-electron chi connectivity index (χ4n) is 3.92. The van der Waals surface area contributed by atoms with Crippen LogP contribution in [0.15, 0.2) is 0 Å². The summed E-state index contributed by atoms with van der Waals surface area (Å²) in [6.45, 7) is 4.99. The lowest BCUT2D eigenvalue weighted by Gasteiger charge is -2.50. The Morgan fingerprint density at radius 1 is 1.28 bits per heavy atom. The Bertz CT molecular complexity index is 253. The molecule has 2 N–H and O–H groups in total. The molecule has 0 aromatic rings. The van der Waals surface area contributed by atoms with Gasteiger partial charge in [-0.25, -0.2) is 0 Å². The Morgan fingerprint density at radius 2 is 2.00 bits per heavy atom. The van der Waals surface area contributed by atoms with Gasteiger partial charge in [0.25, 0.3) is 0 Å². The van der Waals surface area contributed by atoms with Crippen LogP contribution in [0.1, 0.15) is 51.9 Å². The van der Waals surface area contributed by atoms with E-state index in [1.54, 1.807) is 0 Å². The van der Waals surface area contributed by atoms with Crippen molar-refractivity contribution < 1.29 is 4.74 Å².